The molecule has 0 bridgehead atoms. The number of hydrogen-bond donors (Lipinski definition) is 1. The summed E-state index contributed by atoms with van der Waals surface area (Å²) in [4.78, 5) is 8.13. The number of H-pyrrole nitrogens is 1. The standard InChI is InChI=1S/C16H20N2/c1-2-5-9-13(8-4-1)15-12-17-16(18-15)14-10-6-3-7-11-14/h1-2,4-5,8,12,14H,3,6-7,9-11H2,(H,17,18). The number of aromatic amines is 1. The molecular formula is C16H20N2. The van der Waals surface area contributed by atoms with Gasteiger partial charge in [-0.3, -0.25) is 0 Å². The minimum atomic E-state index is 0.657. The zero-order valence-electron chi connectivity index (χ0n) is 10.7. The molecule has 1 N–H and O–H groups in total. The van der Waals surface area contributed by atoms with E-state index in [9.17, 15) is 0 Å². The Kier molecular flexibility index (Phi) is 3.44. The maximum absolute atomic E-state index is 4.60. The fourth-order valence-electron chi connectivity index (χ4n) is 2.86. The third-order valence-corrected chi connectivity index (χ3v) is 3.93. The van der Waals surface area contributed by atoms with E-state index in [0.29, 0.717) is 5.92 Å². The summed E-state index contributed by atoms with van der Waals surface area (Å²) in [6.45, 7) is 0. The fraction of sp³-hybridized carbons (Fsp3) is 0.438. The van der Waals surface area contributed by atoms with Crippen LogP contribution in [-0.2, 0) is 0 Å². The van der Waals surface area contributed by atoms with E-state index in [0.717, 1.165) is 6.42 Å². The van der Waals surface area contributed by atoms with Crippen LogP contribution in [0.1, 0.15) is 56.0 Å². The van der Waals surface area contributed by atoms with Gasteiger partial charge in [0.15, 0.2) is 0 Å². The minimum absolute atomic E-state index is 0.657. The first-order valence-corrected chi connectivity index (χ1v) is 7.01. The normalized spacial score (nSPS) is 20.8. The molecule has 0 aliphatic heterocycles. The van der Waals surface area contributed by atoms with Crippen LogP contribution in [0.2, 0.25) is 0 Å². The Morgan fingerprint density at radius 3 is 2.83 bits per heavy atom. The second-order valence-corrected chi connectivity index (χ2v) is 5.23. The molecule has 0 amide bonds. The number of hydrogen-bond acceptors (Lipinski definition) is 1. The van der Waals surface area contributed by atoms with Gasteiger partial charge in [0.05, 0.1) is 11.9 Å². The van der Waals surface area contributed by atoms with Gasteiger partial charge in [0.1, 0.15) is 5.82 Å². The van der Waals surface area contributed by atoms with Crippen molar-refractivity contribution in [2.24, 2.45) is 0 Å². The van der Waals surface area contributed by atoms with Crippen molar-refractivity contribution in [3.63, 3.8) is 0 Å². The van der Waals surface area contributed by atoms with E-state index in [-0.39, 0.29) is 0 Å². The monoisotopic (exact) mass is 240 g/mol. The fourth-order valence-corrected chi connectivity index (χ4v) is 2.86. The van der Waals surface area contributed by atoms with E-state index >= 15 is 0 Å². The average molecular weight is 240 g/mol. The van der Waals surface area contributed by atoms with Crippen molar-refractivity contribution < 1.29 is 0 Å². The lowest BCUT2D eigenvalue weighted by Gasteiger charge is -2.19. The van der Waals surface area contributed by atoms with Gasteiger partial charge in [-0.25, -0.2) is 4.98 Å². The molecule has 2 aliphatic rings. The maximum Gasteiger partial charge on any atom is 0.109 e. The van der Waals surface area contributed by atoms with Gasteiger partial charge in [-0.05, 0) is 24.8 Å². The zero-order valence-corrected chi connectivity index (χ0v) is 10.7. The van der Waals surface area contributed by atoms with Gasteiger partial charge in [-0.1, -0.05) is 49.6 Å². The summed E-state index contributed by atoms with van der Waals surface area (Å²) >= 11 is 0. The van der Waals surface area contributed by atoms with Crippen LogP contribution in [0.5, 0.6) is 0 Å². The van der Waals surface area contributed by atoms with Gasteiger partial charge in [0, 0.05) is 5.92 Å². The predicted octanol–water partition coefficient (Wildman–Crippen LogP) is 4.36. The maximum atomic E-state index is 4.60. The molecule has 1 aromatic heterocycles. The summed E-state index contributed by atoms with van der Waals surface area (Å²) in [5.74, 6) is 1.85. The lowest BCUT2D eigenvalue weighted by molar-refractivity contribution is 0.431. The molecule has 2 heteroatoms. The lowest BCUT2D eigenvalue weighted by Crippen LogP contribution is -2.06. The topological polar surface area (TPSA) is 28.7 Å². The molecular weight excluding hydrogens is 220 g/mol. The van der Waals surface area contributed by atoms with Crippen LogP contribution in [0.25, 0.3) is 5.57 Å². The van der Waals surface area contributed by atoms with Crippen molar-refractivity contribution in [3.05, 3.63) is 48.1 Å². The summed E-state index contributed by atoms with van der Waals surface area (Å²) in [6.07, 6.45) is 20.3. The number of rotatable bonds is 2. The molecule has 2 aliphatic carbocycles. The Bertz CT molecular complexity index is 485. The lowest BCUT2D eigenvalue weighted by atomic mass is 9.89. The molecule has 94 valence electrons. The minimum Gasteiger partial charge on any atom is -0.342 e. The van der Waals surface area contributed by atoms with Crippen LogP contribution < -0.4 is 0 Å². The Morgan fingerprint density at radius 2 is 1.94 bits per heavy atom. The molecule has 0 aromatic carbocycles. The van der Waals surface area contributed by atoms with Gasteiger partial charge in [0.2, 0.25) is 0 Å². The average Bonchev–Trinajstić information content (AvgIpc) is 2.76. The molecule has 18 heavy (non-hydrogen) atoms. The first kappa shape index (κ1) is 11.5. The number of nitrogens with one attached hydrogen (secondary N) is 1. The Hall–Kier alpha value is -1.57. The number of imidazole rings is 1. The highest BCUT2D eigenvalue weighted by molar-refractivity contribution is 5.66. The highest BCUT2D eigenvalue weighted by atomic mass is 14.9. The SMILES string of the molecule is C1=CC=C(c2cnc(C3CCCCC3)[nH]2)CC=C1. The van der Waals surface area contributed by atoms with Crippen molar-refractivity contribution >= 4 is 5.57 Å². The van der Waals surface area contributed by atoms with E-state index in [4.69, 9.17) is 0 Å². The molecule has 1 saturated carbocycles. The highest BCUT2D eigenvalue weighted by Gasteiger charge is 2.18. The van der Waals surface area contributed by atoms with Crippen LogP contribution in [0, 0.1) is 0 Å². The number of aromatic nitrogens is 2. The summed E-state index contributed by atoms with van der Waals surface area (Å²) in [6, 6.07) is 0. The van der Waals surface area contributed by atoms with Gasteiger partial charge in [-0.2, -0.15) is 0 Å². The quantitative estimate of drug-likeness (QED) is 0.817. The van der Waals surface area contributed by atoms with Crippen LogP contribution in [0.3, 0.4) is 0 Å². The van der Waals surface area contributed by atoms with Crippen LogP contribution >= 0.6 is 0 Å². The first-order chi connectivity index (χ1) is 8.93. The molecule has 0 saturated heterocycles. The first-order valence-electron chi connectivity index (χ1n) is 7.01. The molecule has 0 spiro atoms. The van der Waals surface area contributed by atoms with Crippen molar-refractivity contribution in [2.75, 3.05) is 0 Å². The van der Waals surface area contributed by atoms with Crippen molar-refractivity contribution in [2.45, 2.75) is 44.4 Å². The molecule has 1 fully saturated rings. The van der Waals surface area contributed by atoms with Gasteiger partial charge in [-0.15, -0.1) is 0 Å². The molecule has 2 nitrogen and oxygen atoms in total. The van der Waals surface area contributed by atoms with Crippen LogP contribution in [0.4, 0.5) is 0 Å². The molecule has 1 aromatic rings. The van der Waals surface area contributed by atoms with E-state index in [2.05, 4.69) is 40.3 Å². The molecule has 1 heterocycles. The van der Waals surface area contributed by atoms with Gasteiger partial charge < -0.3 is 4.98 Å². The second kappa shape index (κ2) is 5.38. The highest BCUT2D eigenvalue weighted by Crippen LogP contribution is 2.31. The third-order valence-electron chi connectivity index (χ3n) is 3.93. The summed E-state index contributed by atoms with van der Waals surface area (Å²) in [5, 5.41) is 0. The Morgan fingerprint density at radius 1 is 1.06 bits per heavy atom. The second-order valence-electron chi connectivity index (χ2n) is 5.23. The largest absolute Gasteiger partial charge is 0.342 e. The van der Waals surface area contributed by atoms with E-state index < -0.39 is 0 Å². The molecule has 0 atom stereocenters. The van der Waals surface area contributed by atoms with E-state index in [1.807, 2.05) is 6.20 Å². The smallest absolute Gasteiger partial charge is 0.109 e. The third kappa shape index (κ3) is 2.47. The number of allylic oxidation sites excluding steroid dienone is 6. The van der Waals surface area contributed by atoms with Crippen LogP contribution in [0.15, 0.2) is 36.6 Å². The van der Waals surface area contributed by atoms with Gasteiger partial charge in [0.25, 0.3) is 0 Å². The zero-order chi connectivity index (χ0) is 12.2. The Labute approximate surface area is 109 Å². The summed E-state index contributed by atoms with van der Waals surface area (Å²) < 4.78 is 0. The van der Waals surface area contributed by atoms with E-state index in [1.165, 1.54) is 49.2 Å². The Balaban J connectivity index is 1.78. The van der Waals surface area contributed by atoms with Crippen LogP contribution in [-0.4, -0.2) is 9.97 Å². The van der Waals surface area contributed by atoms with Crippen molar-refractivity contribution in [3.8, 4) is 0 Å². The van der Waals surface area contributed by atoms with Gasteiger partial charge >= 0.3 is 0 Å². The molecule has 0 unspecified atom stereocenters. The molecule has 0 radical (unpaired) electrons. The summed E-state index contributed by atoms with van der Waals surface area (Å²) in [5.41, 5.74) is 2.52. The van der Waals surface area contributed by atoms with Crippen molar-refractivity contribution in [1.82, 2.24) is 9.97 Å². The van der Waals surface area contributed by atoms with Crippen molar-refractivity contribution in [1.29, 1.82) is 0 Å². The predicted molar refractivity (Wildman–Crippen MR) is 75.3 cm³/mol. The summed E-state index contributed by atoms with van der Waals surface area (Å²) in [7, 11) is 0. The number of nitrogens with zero attached hydrogens (tertiary/aromatic N) is 1. The van der Waals surface area contributed by atoms with E-state index in [1.54, 1.807) is 0 Å². The molecule has 3 rings (SSSR count).